The van der Waals surface area contributed by atoms with Crippen molar-refractivity contribution in [2.75, 3.05) is 18.1 Å². The first kappa shape index (κ1) is 28.1. The van der Waals surface area contributed by atoms with E-state index in [2.05, 4.69) is 72.8 Å². The Morgan fingerprint density at radius 3 is 1.94 bits per heavy atom. The van der Waals surface area contributed by atoms with Gasteiger partial charge >= 0.3 is 0 Å². The Morgan fingerprint density at radius 2 is 1.52 bits per heavy atom. The molecule has 0 aliphatic rings. The minimum atomic E-state index is -4.07. The number of rotatable bonds is 9. The van der Waals surface area contributed by atoms with Crippen LogP contribution < -0.4 is 5.32 Å². The van der Waals surface area contributed by atoms with E-state index in [4.69, 9.17) is 4.55 Å². The summed E-state index contributed by atoms with van der Waals surface area (Å²) in [6.45, 7) is 16.6. The Kier molecular flexibility index (Phi) is 9.81. The van der Waals surface area contributed by atoms with Crippen molar-refractivity contribution >= 4 is 39.5 Å². The lowest BCUT2D eigenvalue weighted by molar-refractivity contribution is -0.118. The summed E-state index contributed by atoms with van der Waals surface area (Å²) in [7, 11) is -4.07. The number of carbonyl (C=O) groups excluding carboxylic acids is 1. The van der Waals surface area contributed by atoms with Gasteiger partial charge in [-0.3, -0.25) is 9.35 Å². The summed E-state index contributed by atoms with van der Waals surface area (Å²) in [5.74, 6) is -0.167. The molecule has 0 fully saturated rings. The maximum absolute atomic E-state index is 11.9. The van der Waals surface area contributed by atoms with Crippen molar-refractivity contribution in [3.8, 4) is 5.75 Å². The first-order chi connectivity index (χ1) is 13.9. The number of amides is 1. The second kappa shape index (κ2) is 10.8. The molecule has 0 aromatic heterocycles. The SMILES string of the molecule is CC(SCC(=O)NCCS(=O)(=O)O)C(C)Sc1cc(C(C)(C)C)c(O)c(C(C)(C)C)c1. The molecule has 1 rings (SSSR count). The van der Waals surface area contributed by atoms with Crippen LogP contribution in [0.4, 0.5) is 0 Å². The van der Waals surface area contributed by atoms with Crippen molar-refractivity contribution in [3.63, 3.8) is 0 Å². The Labute approximate surface area is 196 Å². The van der Waals surface area contributed by atoms with Crippen molar-refractivity contribution < 1.29 is 22.9 Å². The van der Waals surface area contributed by atoms with Crippen LogP contribution in [0.15, 0.2) is 17.0 Å². The highest BCUT2D eigenvalue weighted by atomic mass is 32.2. The summed E-state index contributed by atoms with van der Waals surface area (Å²) >= 11 is 3.22. The number of phenolic OH excluding ortho intramolecular Hbond substituents is 1. The van der Waals surface area contributed by atoms with E-state index in [0.29, 0.717) is 5.75 Å². The lowest BCUT2D eigenvalue weighted by atomic mass is 9.79. The van der Waals surface area contributed by atoms with Gasteiger partial charge in [0.25, 0.3) is 10.1 Å². The van der Waals surface area contributed by atoms with Crippen LogP contribution in [0.3, 0.4) is 0 Å². The van der Waals surface area contributed by atoms with Crippen LogP contribution in [0.2, 0.25) is 0 Å². The predicted octanol–water partition coefficient (Wildman–Crippen LogP) is 4.59. The summed E-state index contributed by atoms with van der Waals surface area (Å²) in [5.41, 5.74) is 1.47. The molecular formula is C22H37NO5S3. The van der Waals surface area contributed by atoms with Crippen molar-refractivity contribution in [2.45, 2.75) is 81.6 Å². The van der Waals surface area contributed by atoms with Crippen LogP contribution in [0, 0.1) is 0 Å². The fraction of sp³-hybridized carbons (Fsp3) is 0.682. The van der Waals surface area contributed by atoms with E-state index in [-0.39, 0.29) is 39.5 Å². The molecular weight excluding hydrogens is 454 g/mol. The van der Waals surface area contributed by atoms with E-state index < -0.39 is 15.9 Å². The number of hydrogen-bond donors (Lipinski definition) is 3. The van der Waals surface area contributed by atoms with E-state index in [1.54, 1.807) is 11.8 Å². The monoisotopic (exact) mass is 491 g/mol. The van der Waals surface area contributed by atoms with Crippen LogP contribution >= 0.6 is 23.5 Å². The summed E-state index contributed by atoms with van der Waals surface area (Å²) in [4.78, 5) is 13.0. The third kappa shape index (κ3) is 9.63. The zero-order chi connectivity index (χ0) is 24.2. The van der Waals surface area contributed by atoms with Gasteiger partial charge in [-0.25, -0.2) is 0 Å². The number of hydrogen-bond acceptors (Lipinski definition) is 6. The van der Waals surface area contributed by atoms with Crippen molar-refractivity contribution in [1.29, 1.82) is 0 Å². The van der Waals surface area contributed by atoms with E-state index in [1.165, 1.54) is 11.8 Å². The molecule has 2 atom stereocenters. The molecule has 0 saturated heterocycles. The number of phenols is 1. The largest absolute Gasteiger partial charge is 0.507 e. The lowest BCUT2D eigenvalue weighted by Crippen LogP contribution is -2.31. The van der Waals surface area contributed by atoms with Gasteiger partial charge in [0.1, 0.15) is 5.75 Å². The summed E-state index contributed by atoms with van der Waals surface area (Å²) in [6, 6.07) is 4.12. The van der Waals surface area contributed by atoms with Crippen molar-refractivity contribution in [3.05, 3.63) is 23.3 Å². The third-order valence-electron chi connectivity index (χ3n) is 4.84. The van der Waals surface area contributed by atoms with E-state index in [0.717, 1.165) is 16.0 Å². The van der Waals surface area contributed by atoms with Gasteiger partial charge in [-0.2, -0.15) is 8.42 Å². The second-order valence-electron chi connectivity index (χ2n) is 9.84. The average Bonchev–Trinajstić information content (AvgIpc) is 2.57. The standard InChI is InChI=1S/C22H37NO5S3/c1-14(29-13-19(24)23-9-10-31(26,27)28)15(2)30-16-11-17(21(3,4)5)20(25)18(12-16)22(6,7)8/h11-12,14-15,25H,9-10,13H2,1-8H3,(H,23,24)(H,26,27,28). The second-order valence-corrected chi connectivity index (χ2v) is 14.2. The van der Waals surface area contributed by atoms with Crippen LogP contribution in [0.5, 0.6) is 5.75 Å². The Balaban J connectivity index is 2.84. The van der Waals surface area contributed by atoms with Crippen LogP contribution in [-0.4, -0.2) is 52.5 Å². The number of thioether (sulfide) groups is 2. The molecule has 31 heavy (non-hydrogen) atoms. The molecule has 3 N–H and O–H groups in total. The fourth-order valence-electron chi connectivity index (χ4n) is 2.84. The van der Waals surface area contributed by atoms with E-state index in [9.17, 15) is 18.3 Å². The highest BCUT2D eigenvalue weighted by Gasteiger charge is 2.27. The predicted molar refractivity (Wildman–Crippen MR) is 132 cm³/mol. The number of carbonyl (C=O) groups is 1. The van der Waals surface area contributed by atoms with E-state index >= 15 is 0 Å². The smallest absolute Gasteiger partial charge is 0.266 e. The molecule has 0 aliphatic heterocycles. The Bertz CT molecular complexity index is 835. The van der Waals surface area contributed by atoms with Gasteiger partial charge in [0.05, 0.1) is 11.5 Å². The fourth-order valence-corrected chi connectivity index (χ4v) is 5.39. The summed E-state index contributed by atoms with van der Waals surface area (Å²) < 4.78 is 30.1. The molecule has 6 nitrogen and oxygen atoms in total. The number of benzene rings is 1. The van der Waals surface area contributed by atoms with Crippen molar-refractivity contribution in [1.82, 2.24) is 5.32 Å². The summed E-state index contributed by atoms with van der Waals surface area (Å²) in [6.07, 6.45) is 0. The maximum Gasteiger partial charge on any atom is 0.266 e. The molecule has 9 heteroatoms. The molecule has 0 bridgehead atoms. The van der Waals surface area contributed by atoms with Crippen molar-refractivity contribution in [2.24, 2.45) is 0 Å². The van der Waals surface area contributed by atoms with Gasteiger partial charge in [0.15, 0.2) is 0 Å². The summed E-state index contributed by atoms with van der Waals surface area (Å²) in [5, 5.41) is 13.8. The zero-order valence-corrected chi connectivity index (χ0v) is 22.2. The molecule has 0 radical (unpaired) electrons. The van der Waals surface area contributed by atoms with Gasteiger partial charge in [-0.05, 0) is 23.0 Å². The minimum Gasteiger partial charge on any atom is -0.507 e. The lowest BCUT2D eigenvalue weighted by Gasteiger charge is -2.29. The van der Waals surface area contributed by atoms with Crippen LogP contribution in [0.1, 0.15) is 66.5 Å². The van der Waals surface area contributed by atoms with Gasteiger partial charge in [0.2, 0.25) is 5.91 Å². The molecule has 2 unspecified atom stereocenters. The normalized spacial score (nSPS) is 14.9. The first-order valence-corrected chi connectivity index (χ1v) is 13.8. The van der Waals surface area contributed by atoms with Gasteiger partial charge in [-0.1, -0.05) is 55.4 Å². The van der Waals surface area contributed by atoms with Gasteiger partial charge in [0, 0.05) is 33.1 Å². The maximum atomic E-state index is 11.9. The molecule has 0 aliphatic carbocycles. The molecule has 0 spiro atoms. The molecule has 1 aromatic carbocycles. The zero-order valence-electron chi connectivity index (χ0n) is 19.8. The topological polar surface area (TPSA) is 104 Å². The van der Waals surface area contributed by atoms with Gasteiger partial charge < -0.3 is 10.4 Å². The quantitative estimate of drug-likeness (QED) is 0.343. The van der Waals surface area contributed by atoms with Crippen LogP contribution in [0.25, 0.3) is 0 Å². The Hall–Kier alpha value is -0.900. The molecule has 0 heterocycles. The number of aromatic hydroxyl groups is 1. The highest BCUT2D eigenvalue weighted by Crippen LogP contribution is 2.43. The first-order valence-electron chi connectivity index (χ1n) is 10.3. The number of nitrogens with one attached hydrogen (secondary N) is 1. The Morgan fingerprint density at radius 1 is 1.03 bits per heavy atom. The highest BCUT2D eigenvalue weighted by molar-refractivity contribution is 8.04. The minimum absolute atomic E-state index is 0.102. The average molecular weight is 492 g/mol. The third-order valence-corrected chi connectivity index (χ3v) is 8.39. The molecule has 1 aromatic rings. The van der Waals surface area contributed by atoms with Gasteiger partial charge in [-0.15, -0.1) is 23.5 Å². The molecule has 178 valence electrons. The molecule has 0 saturated carbocycles. The van der Waals surface area contributed by atoms with Crippen LogP contribution in [-0.2, 0) is 25.7 Å². The molecule has 1 amide bonds. The van der Waals surface area contributed by atoms with E-state index in [1.807, 2.05) is 0 Å².